The molecule has 2 fully saturated rings. The first kappa shape index (κ1) is 19.4. The van der Waals surface area contributed by atoms with Gasteiger partial charge in [-0.25, -0.2) is 8.42 Å². The minimum Gasteiger partial charge on any atom is -0.302 e. The van der Waals surface area contributed by atoms with E-state index in [0.29, 0.717) is 24.0 Å². The predicted molar refractivity (Wildman–Crippen MR) is 98.0 cm³/mol. The Morgan fingerprint density at radius 2 is 2.04 bits per heavy atom. The summed E-state index contributed by atoms with van der Waals surface area (Å²) < 4.78 is 50.7. The van der Waals surface area contributed by atoms with Gasteiger partial charge in [0.05, 0.1) is 11.5 Å². The third kappa shape index (κ3) is 4.14. The average Bonchev–Trinajstić information content (AvgIpc) is 2.87. The topological polar surface area (TPSA) is 50.3 Å². The van der Waals surface area contributed by atoms with Crippen molar-refractivity contribution in [2.75, 3.05) is 31.1 Å². The van der Waals surface area contributed by atoms with E-state index in [0.717, 1.165) is 31.6 Å². The molecule has 0 N–H and O–H groups in total. The number of alkyl halides is 2. The van der Waals surface area contributed by atoms with Gasteiger partial charge in [-0.3, -0.25) is 4.98 Å². The summed E-state index contributed by atoms with van der Waals surface area (Å²) in [5.74, 6) is -2.47. The largest absolute Gasteiger partial charge is 0.302 e. The van der Waals surface area contributed by atoms with Crippen LogP contribution in [0.25, 0.3) is 0 Å². The van der Waals surface area contributed by atoms with Crippen molar-refractivity contribution in [3.63, 3.8) is 0 Å². The number of aromatic nitrogens is 1. The SMILES string of the molecule is C=CC(F)(F)c1cncc(CC(C)(C)CN2CCC3(C2)CS(=O)(=O)C3)c1. The zero-order chi connectivity index (χ0) is 19.2. The van der Waals surface area contributed by atoms with Crippen molar-refractivity contribution in [3.05, 3.63) is 42.2 Å². The van der Waals surface area contributed by atoms with Crippen LogP contribution in [0.15, 0.2) is 31.1 Å². The number of likely N-dealkylation sites (tertiary alicyclic amines) is 1. The monoisotopic (exact) mass is 384 g/mol. The smallest absolute Gasteiger partial charge is 0.292 e. The maximum atomic E-state index is 13.8. The van der Waals surface area contributed by atoms with Gasteiger partial charge in [-0.05, 0) is 42.5 Å². The molecule has 0 amide bonds. The van der Waals surface area contributed by atoms with Crippen molar-refractivity contribution in [2.45, 2.75) is 32.6 Å². The zero-order valence-electron chi connectivity index (χ0n) is 15.3. The summed E-state index contributed by atoms with van der Waals surface area (Å²) in [5.41, 5.74) is 0.454. The Balaban J connectivity index is 1.63. The molecule has 3 heterocycles. The van der Waals surface area contributed by atoms with Crippen LogP contribution < -0.4 is 0 Å². The van der Waals surface area contributed by atoms with E-state index in [-0.39, 0.29) is 16.4 Å². The molecular formula is C19H26F2N2O2S. The second-order valence-corrected chi connectivity index (χ2v) is 10.8. The highest BCUT2D eigenvalue weighted by Crippen LogP contribution is 2.42. The molecule has 0 atom stereocenters. The van der Waals surface area contributed by atoms with Crippen LogP contribution in [0.4, 0.5) is 8.78 Å². The Labute approximate surface area is 154 Å². The third-order valence-electron chi connectivity index (χ3n) is 5.34. The quantitative estimate of drug-likeness (QED) is 0.708. The van der Waals surface area contributed by atoms with Crippen LogP contribution in [-0.4, -0.2) is 49.4 Å². The third-order valence-corrected chi connectivity index (χ3v) is 7.44. The van der Waals surface area contributed by atoms with Crippen LogP contribution in [0, 0.1) is 10.8 Å². The van der Waals surface area contributed by atoms with Gasteiger partial charge < -0.3 is 4.90 Å². The average molecular weight is 384 g/mol. The molecule has 1 spiro atoms. The molecule has 4 nitrogen and oxygen atoms in total. The van der Waals surface area contributed by atoms with Crippen molar-refractivity contribution in [1.82, 2.24) is 9.88 Å². The molecule has 3 rings (SSSR count). The number of hydrogen-bond donors (Lipinski definition) is 0. The highest BCUT2D eigenvalue weighted by molar-refractivity contribution is 7.92. The van der Waals surface area contributed by atoms with Gasteiger partial charge in [-0.2, -0.15) is 8.78 Å². The second-order valence-electron chi connectivity index (χ2n) is 8.74. The van der Waals surface area contributed by atoms with Crippen LogP contribution >= 0.6 is 0 Å². The van der Waals surface area contributed by atoms with E-state index in [1.807, 2.05) is 0 Å². The highest BCUT2D eigenvalue weighted by Gasteiger charge is 2.52. The van der Waals surface area contributed by atoms with E-state index in [1.54, 1.807) is 6.20 Å². The van der Waals surface area contributed by atoms with Gasteiger partial charge in [0, 0.05) is 36.5 Å². The van der Waals surface area contributed by atoms with Crippen molar-refractivity contribution in [1.29, 1.82) is 0 Å². The fourth-order valence-corrected chi connectivity index (χ4v) is 6.64. The Bertz CT molecular complexity index is 794. The van der Waals surface area contributed by atoms with Gasteiger partial charge in [0.2, 0.25) is 0 Å². The second kappa shape index (κ2) is 6.37. The molecule has 2 aliphatic heterocycles. The highest BCUT2D eigenvalue weighted by atomic mass is 32.2. The molecule has 144 valence electrons. The van der Waals surface area contributed by atoms with Crippen LogP contribution in [0.2, 0.25) is 0 Å². The van der Waals surface area contributed by atoms with Crippen LogP contribution in [0.1, 0.15) is 31.4 Å². The first-order chi connectivity index (χ1) is 11.9. The lowest BCUT2D eigenvalue weighted by molar-refractivity contribution is 0.0520. The van der Waals surface area contributed by atoms with E-state index < -0.39 is 15.8 Å². The number of halogens is 2. The lowest BCUT2D eigenvalue weighted by Crippen LogP contribution is -2.50. The molecule has 1 aromatic rings. The summed E-state index contributed by atoms with van der Waals surface area (Å²) in [4.78, 5) is 6.28. The van der Waals surface area contributed by atoms with Crippen LogP contribution in [0.3, 0.4) is 0 Å². The molecule has 0 aliphatic carbocycles. The summed E-state index contributed by atoms with van der Waals surface area (Å²) in [6, 6.07) is 1.50. The molecule has 0 radical (unpaired) electrons. The summed E-state index contributed by atoms with van der Waals surface area (Å²) in [6.45, 7) is 9.91. The number of sulfone groups is 1. The summed E-state index contributed by atoms with van der Waals surface area (Å²) in [6.07, 6.45) is 5.00. The Kier molecular flexibility index (Phi) is 4.76. The molecule has 26 heavy (non-hydrogen) atoms. The maximum absolute atomic E-state index is 13.8. The Morgan fingerprint density at radius 1 is 1.35 bits per heavy atom. The Morgan fingerprint density at radius 3 is 2.65 bits per heavy atom. The molecule has 1 aromatic heterocycles. The summed E-state index contributed by atoms with van der Waals surface area (Å²) >= 11 is 0. The number of allylic oxidation sites excluding steroid dienone is 1. The Hall–Kier alpha value is -1.34. The molecule has 7 heteroatoms. The number of rotatable bonds is 6. The van der Waals surface area contributed by atoms with Gasteiger partial charge in [0.1, 0.15) is 0 Å². The van der Waals surface area contributed by atoms with Crippen LogP contribution in [0.5, 0.6) is 0 Å². The predicted octanol–water partition coefficient (Wildman–Crippen LogP) is 3.05. The molecular weight excluding hydrogens is 358 g/mol. The number of pyridine rings is 1. The maximum Gasteiger partial charge on any atom is 0.292 e. The summed E-state index contributed by atoms with van der Waals surface area (Å²) in [7, 11) is -2.82. The first-order valence-electron chi connectivity index (χ1n) is 8.83. The van der Waals surface area contributed by atoms with Gasteiger partial charge in [-0.15, -0.1) is 0 Å². The van der Waals surface area contributed by atoms with E-state index in [9.17, 15) is 17.2 Å². The molecule has 0 unspecified atom stereocenters. The molecule has 0 saturated carbocycles. The number of nitrogens with zero attached hydrogens (tertiary/aromatic N) is 2. The van der Waals surface area contributed by atoms with E-state index in [4.69, 9.17) is 0 Å². The van der Waals surface area contributed by atoms with E-state index in [2.05, 4.69) is 30.3 Å². The van der Waals surface area contributed by atoms with Crippen molar-refractivity contribution < 1.29 is 17.2 Å². The molecule has 2 saturated heterocycles. The lowest BCUT2D eigenvalue weighted by Gasteiger charge is -2.38. The standard InChI is InChI=1S/C19H26F2N2O2S/c1-4-19(20,21)16-7-15(9-22-10-16)8-17(2,3)11-23-6-5-18(12-23)13-26(24,25)14-18/h4,7,9-10H,1,5-6,8,11-14H2,2-3H3. The minimum atomic E-state index is -3.08. The fraction of sp³-hybridized carbons (Fsp3) is 0.632. The molecule has 0 bridgehead atoms. The lowest BCUT2D eigenvalue weighted by atomic mass is 9.85. The summed E-state index contributed by atoms with van der Waals surface area (Å²) in [5, 5.41) is 0. The van der Waals surface area contributed by atoms with Gasteiger partial charge in [-0.1, -0.05) is 20.4 Å². The molecule has 2 aliphatic rings. The van der Waals surface area contributed by atoms with E-state index in [1.165, 1.54) is 12.3 Å². The van der Waals surface area contributed by atoms with Crippen molar-refractivity contribution >= 4 is 9.84 Å². The van der Waals surface area contributed by atoms with Crippen molar-refractivity contribution in [3.8, 4) is 0 Å². The van der Waals surface area contributed by atoms with Gasteiger partial charge >= 0.3 is 0 Å². The van der Waals surface area contributed by atoms with Crippen molar-refractivity contribution in [2.24, 2.45) is 10.8 Å². The van der Waals surface area contributed by atoms with Crippen LogP contribution in [-0.2, 0) is 22.2 Å². The number of hydrogen-bond acceptors (Lipinski definition) is 4. The fourth-order valence-electron chi connectivity index (χ4n) is 4.39. The van der Waals surface area contributed by atoms with Gasteiger partial charge in [0.25, 0.3) is 5.92 Å². The zero-order valence-corrected chi connectivity index (χ0v) is 16.2. The normalized spacial score (nSPS) is 22.3. The first-order valence-corrected chi connectivity index (χ1v) is 10.7. The minimum absolute atomic E-state index is 0.0532. The molecule has 0 aromatic carbocycles. The van der Waals surface area contributed by atoms with E-state index >= 15 is 0 Å². The van der Waals surface area contributed by atoms with Gasteiger partial charge in [0.15, 0.2) is 9.84 Å².